The van der Waals surface area contributed by atoms with Gasteiger partial charge in [0.25, 0.3) is 0 Å². The average molecular weight is 226 g/mol. The Morgan fingerprint density at radius 3 is 2.44 bits per heavy atom. The van der Waals surface area contributed by atoms with Crippen LogP contribution in [0.3, 0.4) is 0 Å². The van der Waals surface area contributed by atoms with Crippen LogP contribution in [-0.2, 0) is 14.3 Å². The third-order valence-corrected chi connectivity index (χ3v) is 2.22. The first-order chi connectivity index (χ1) is 7.60. The van der Waals surface area contributed by atoms with E-state index in [1.807, 2.05) is 13.0 Å². The maximum Gasteiger partial charge on any atom is 0.325 e. The Bertz CT molecular complexity index is 283. The minimum atomic E-state index is -0.670. The van der Waals surface area contributed by atoms with Crippen LogP contribution < -0.4 is 0 Å². The van der Waals surface area contributed by atoms with Crippen molar-refractivity contribution >= 4 is 11.9 Å². The lowest BCUT2D eigenvalue weighted by molar-refractivity contribution is -0.147. The quantitative estimate of drug-likeness (QED) is 0.632. The minimum Gasteiger partial charge on any atom is -0.468 e. The summed E-state index contributed by atoms with van der Waals surface area (Å²) in [6.45, 7) is 4.06. The fraction of sp³-hybridized carbons (Fsp3) is 0.727. The van der Waals surface area contributed by atoms with Gasteiger partial charge < -0.3 is 9.64 Å². The second-order valence-corrected chi connectivity index (χ2v) is 3.43. The maximum absolute atomic E-state index is 11.8. The van der Waals surface area contributed by atoms with Crippen molar-refractivity contribution in [2.45, 2.75) is 26.7 Å². The van der Waals surface area contributed by atoms with E-state index in [9.17, 15) is 9.59 Å². The molecule has 0 N–H and O–H groups in total. The van der Waals surface area contributed by atoms with Gasteiger partial charge in [0.2, 0.25) is 5.91 Å². The van der Waals surface area contributed by atoms with Crippen molar-refractivity contribution in [3.05, 3.63) is 0 Å². The molecule has 0 aliphatic carbocycles. The van der Waals surface area contributed by atoms with Crippen LogP contribution in [0.2, 0.25) is 0 Å². The summed E-state index contributed by atoms with van der Waals surface area (Å²) in [7, 11) is 1.28. The second kappa shape index (κ2) is 7.69. The van der Waals surface area contributed by atoms with Crippen LogP contribution in [0.4, 0.5) is 0 Å². The average Bonchev–Trinajstić information content (AvgIpc) is 2.29. The van der Waals surface area contributed by atoms with Crippen molar-refractivity contribution in [3.8, 4) is 6.07 Å². The van der Waals surface area contributed by atoms with Crippen molar-refractivity contribution in [1.29, 1.82) is 5.26 Å². The Balaban J connectivity index is 4.58. The summed E-state index contributed by atoms with van der Waals surface area (Å²) in [4.78, 5) is 24.3. The summed E-state index contributed by atoms with van der Waals surface area (Å²) in [5, 5.41) is 8.79. The van der Waals surface area contributed by atoms with Gasteiger partial charge in [-0.05, 0) is 12.8 Å². The number of esters is 1. The van der Waals surface area contributed by atoms with Gasteiger partial charge in [0.05, 0.1) is 13.2 Å². The SMILES string of the molecule is CCCN(CC(=O)OC)C(=O)C(C#N)CC. The molecule has 1 atom stereocenters. The molecule has 0 radical (unpaired) electrons. The van der Waals surface area contributed by atoms with Gasteiger partial charge in [-0.3, -0.25) is 9.59 Å². The highest BCUT2D eigenvalue weighted by Crippen LogP contribution is 2.07. The smallest absolute Gasteiger partial charge is 0.325 e. The van der Waals surface area contributed by atoms with Crippen LogP contribution in [-0.4, -0.2) is 37.0 Å². The standard InChI is InChI=1S/C11H18N2O3/c1-4-6-13(8-10(14)16-3)11(15)9(5-2)7-12/h9H,4-6,8H2,1-3H3. The number of carbonyl (C=O) groups is 2. The summed E-state index contributed by atoms with van der Waals surface area (Å²) in [5.41, 5.74) is 0. The molecule has 0 aliphatic rings. The van der Waals surface area contributed by atoms with Gasteiger partial charge in [0.1, 0.15) is 12.5 Å². The molecule has 0 rings (SSSR count). The van der Waals surface area contributed by atoms with E-state index in [1.165, 1.54) is 12.0 Å². The van der Waals surface area contributed by atoms with Crippen LogP contribution in [0.1, 0.15) is 26.7 Å². The fourth-order valence-corrected chi connectivity index (χ4v) is 1.30. The largest absolute Gasteiger partial charge is 0.468 e. The van der Waals surface area contributed by atoms with Crippen molar-refractivity contribution in [3.63, 3.8) is 0 Å². The molecule has 5 heteroatoms. The molecule has 0 spiro atoms. The molecule has 90 valence electrons. The third kappa shape index (κ3) is 4.30. The number of hydrogen-bond donors (Lipinski definition) is 0. The lowest BCUT2D eigenvalue weighted by Gasteiger charge is -2.22. The van der Waals surface area contributed by atoms with E-state index in [-0.39, 0.29) is 12.5 Å². The maximum atomic E-state index is 11.8. The first-order valence-electron chi connectivity index (χ1n) is 5.35. The molecule has 0 bridgehead atoms. The summed E-state index contributed by atoms with van der Waals surface area (Å²) in [5.74, 6) is -1.43. The molecule has 1 amide bonds. The predicted octanol–water partition coefficient (Wildman–Crippen LogP) is 0.948. The van der Waals surface area contributed by atoms with E-state index in [4.69, 9.17) is 5.26 Å². The molecule has 5 nitrogen and oxygen atoms in total. The van der Waals surface area contributed by atoms with Crippen LogP contribution in [0.15, 0.2) is 0 Å². The molecule has 16 heavy (non-hydrogen) atoms. The van der Waals surface area contributed by atoms with E-state index in [2.05, 4.69) is 4.74 Å². The Kier molecular flexibility index (Phi) is 6.93. The highest BCUT2D eigenvalue weighted by Gasteiger charge is 2.23. The molecular weight excluding hydrogens is 208 g/mol. The van der Waals surface area contributed by atoms with Crippen molar-refractivity contribution in [2.24, 2.45) is 5.92 Å². The zero-order valence-electron chi connectivity index (χ0n) is 10.0. The van der Waals surface area contributed by atoms with Gasteiger partial charge in [-0.15, -0.1) is 0 Å². The van der Waals surface area contributed by atoms with Crippen LogP contribution in [0.5, 0.6) is 0 Å². The number of nitriles is 1. The van der Waals surface area contributed by atoms with Gasteiger partial charge in [-0.1, -0.05) is 13.8 Å². The van der Waals surface area contributed by atoms with E-state index in [1.54, 1.807) is 6.92 Å². The van der Waals surface area contributed by atoms with E-state index >= 15 is 0 Å². The first kappa shape index (κ1) is 14.4. The molecule has 0 saturated carbocycles. The minimum absolute atomic E-state index is 0.0820. The van der Waals surface area contributed by atoms with Gasteiger partial charge in [-0.25, -0.2) is 0 Å². The normalized spacial score (nSPS) is 11.4. The summed E-state index contributed by atoms with van der Waals surface area (Å²) < 4.78 is 4.51. The zero-order chi connectivity index (χ0) is 12.6. The second-order valence-electron chi connectivity index (χ2n) is 3.43. The number of rotatable bonds is 6. The molecule has 0 aromatic carbocycles. The highest BCUT2D eigenvalue weighted by atomic mass is 16.5. The molecule has 0 fully saturated rings. The Hall–Kier alpha value is -1.57. The van der Waals surface area contributed by atoms with Crippen LogP contribution >= 0.6 is 0 Å². The van der Waals surface area contributed by atoms with E-state index in [0.29, 0.717) is 13.0 Å². The number of methoxy groups -OCH3 is 1. The molecule has 0 saturated heterocycles. The summed E-state index contributed by atoms with van der Waals surface area (Å²) >= 11 is 0. The van der Waals surface area contributed by atoms with Gasteiger partial charge in [0, 0.05) is 6.54 Å². The number of ether oxygens (including phenoxy) is 1. The van der Waals surface area contributed by atoms with Gasteiger partial charge in [0.15, 0.2) is 0 Å². The summed E-state index contributed by atoms with van der Waals surface area (Å²) in [6.07, 6.45) is 1.20. The lowest BCUT2D eigenvalue weighted by atomic mass is 10.1. The van der Waals surface area contributed by atoms with Gasteiger partial charge >= 0.3 is 5.97 Å². The Morgan fingerprint density at radius 1 is 1.44 bits per heavy atom. The Morgan fingerprint density at radius 2 is 2.06 bits per heavy atom. The van der Waals surface area contributed by atoms with Crippen LogP contribution in [0, 0.1) is 17.2 Å². The van der Waals surface area contributed by atoms with E-state index < -0.39 is 11.9 Å². The highest BCUT2D eigenvalue weighted by molar-refractivity contribution is 5.85. The number of amides is 1. The predicted molar refractivity (Wildman–Crippen MR) is 58.3 cm³/mol. The Labute approximate surface area is 96.0 Å². The molecule has 1 unspecified atom stereocenters. The number of carbonyl (C=O) groups excluding carboxylic acids is 2. The number of hydrogen-bond acceptors (Lipinski definition) is 4. The van der Waals surface area contributed by atoms with Crippen molar-refractivity contribution in [2.75, 3.05) is 20.2 Å². The summed E-state index contributed by atoms with van der Waals surface area (Å²) in [6, 6.07) is 1.94. The number of nitrogens with zero attached hydrogens (tertiary/aromatic N) is 2. The molecular formula is C11H18N2O3. The van der Waals surface area contributed by atoms with Gasteiger partial charge in [-0.2, -0.15) is 5.26 Å². The van der Waals surface area contributed by atoms with Crippen molar-refractivity contribution in [1.82, 2.24) is 4.90 Å². The van der Waals surface area contributed by atoms with E-state index in [0.717, 1.165) is 6.42 Å². The monoisotopic (exact) mass is 226 g/mol. The fourth-order valence-electron chi connectivity index (χ4n) is 1.30. The topological polar surface area (TPSA) is 70.4 Å². The van der Waals surface area contributed by atoms with Crippen molar-refractivity contribution < 1.29 is 14.3 Å². The third-order valence-electron chi connectivity index (χ3n) is 2.22. The van der Waals surface area contributed by atoms with Crippen LogP contribution in [0.25, 0.3) is 0 Å². The molecule has 0 aromatic heterocycles. The molecule has 0 aliphatic heterocycles. The first-order valence-corrected chi connectivity index (χ1v) is 5.35. The zero-order valence-corrected chi connectivity index (χ0v) is 10.0. The molecule has 0 aromatic rings. The lowest BCUT2D eigenvalue weighted by Crippen LogP contribution is -2.40. The molecule has 0 heterocycles.